The zero-order valence-electron chi connectivity index (χ0n) is 20.8. The first-order valence-corrected chi connectivity index (χ1v) is 12.8. The zero-order valence-corrected chi connectivity index (χ0v) is 21.7. The molecule has 0 radical (unpaired) electrons. The van der Waals surface area contributed by atoms with E-state index < -0.39 is 17.6 Å². The van der Waals surface area contributed by atoms with Crippen molar-refractivity contribution in [3.8, 4) is 11.5 Å². The lowest BCUT2D eigenvalue weighted by atomic mass is 10.0. The number of thioether (sulfide) groups is 1. The molecule has 0 atom stereocenters. The topological polar surface area (TPSA) is 84.9 Å². The molecule has 1 aliphatic rings. The van der Waals surface area contributed by atoms with Crippen LogP contribution >= 0.6 is 11.8 Å². The second-order valence-electron chi connectivity index (χ2n) is 8.63. The van der Waals surface area contributed by atoms with Gasteiger partial charge in [-0.05, 0) is 64.5 Å². The maximum Gasteiger partial charge on any atom is 0.293 e. The van der Waals surface area contributed by atoms with Crippen molar-refractivity contribution in [3.05, 3.63) is 107 Å². The Bertz CT molecular complexity index is 1600. The summed E-state index contributed by atoms with van der Waals surface area (Å²) in [5, 5.41) is 4.26. The molecule has 3 amide bonds. The van der Waals surface area contributed by atoms with Gasteiger partial charge in [-0.25, -0.2) is 4.39 Å². The van der Waals surface area contributed by atoms with E-state index in [0.717, 1.165) is 28.1 Å². The molecule has 0 spiro atoms. The Hall–Kier alpha value is -4.63. The number of hydrogen-bond donors (Lipinski definition) is 1. The lowest BCUT2D eigenvalue weighted by Crippen LogP contribution is -2.27. The molecular formula is C30H23FN2O5S. The van der Waals surface area contributed by atoms with E-state index in [1.807, 2.05) is 42.5 Å². The highest BCUT2D eigenvalue weighted by Crippen LogP contribution is 2.38. The van der Waals surface area contributed by atoms with Crippen LogP contribution in [0.15, 0.2) is 89.8 Å². The van der Waals surface area contributed by atoms with Gasteiger partial charge in [0.2, 0.25) is 0 Å². The molecule has 0 bridgehead atoms. The molecule has 1 N–H and O–H groups in total. The second kappa shape index (κ2) is 11.4. The van der Waals surface area contributed by atoms with Gasteiger partial charge >= 0.3 is 0 Å². The number of para-hydroxylation sites is 1. The van der Waals surface area contributed by atoms with Crippen LogP contribution in [0.1, 0.15) is 11.1 Å². The fourth-order valence-electron chi connectivity index (χ4n) is 4.21. The van der Waals surface area contributed by atoms with E-state index in [0.29, 0.717) is 17.0 Å². The standard InChI is InChI=1S/C30H23FN2O5S/c1-37-25-11-5-8-20(28(25)38-18-27(34)32-23-14-12-22(31)13-15-23)16-26-29(35)33(30(36)39-26)17-21-9-4-7-19-6-2-3-10-24(19)21/h2-16H,17-18H2,1H3,(H,32,34)/b26-16+. The van der Waals surface area contributed by atoms with Crippen LogP contribution in [0.5, 0.6) is 11.5 Å². The second-order valence-corrected chi connectivity index (χ2v) is 9.62. The number of halogens is 1. The Balaban J connectivity index is 1.35. The molecule has 0 aromatic heterocycles. The summed E-state index contributed by atoms with van der Waals surface area (Å²) in [6.07, 6.45) is 1.56. The number of rotatable bonds is 8. The summed E-state index contributed by atoms with van der Waals surface area (Å²) in [4.78, 5) is 40.0. The third-order valence-corrected chi connectivity index (χ3v) is 6.98. The van der Waals surface area contributed by atoms with E-state index in [4.69, 9.17) is 9.47 Å². The van der Waals surface area contributed by atoms with Gasteiger partial charge in [-0.3, -0.25) is 19.3 Å². The Morgan fingerprint density at radius 2 is 1.72 bits per heavy atom. The van der Waals surface area contributed by atoms with Crippen LogP contribution in [-0.4, -0.2) is 35.7 Å². The number of nitrogens with zero attached hydrogens (tertiary/aromatic N) is 1. The molecule has 0 unspecified atom stereocenters. The lowest BCUT2D eigenvalue weighted by molar-refractivity contribution is -0.123. The number of anilines is 1. The molecule has 1 aliphatic heterocycles. The van der Waals surface area contributed by atoms with Crippen molar-refractivity contribution < 1.29 is 28.2 Å². The van der Waals surface area contributed by atoms with Crippen molar-refractivity contribution in [2.45, 2.75) is 6.54 Å². The van der Waals surface area contributed by atoms with Crippen molar-refractivity contribution >= 4 is 51.4 Å². The number of methoxy groups -OCH3 is 1. The van der Waals surface area contributed by atoms with Crippen LogP contribution in [0.25, 0.3) is 16.8 Å². The van der Waals surface area contributed by atoms with E-state index in [1.165, 1.54) is 36.3 Å². The molecule has 9 heteroatoms. The Kier molecular flexibility index (Phi) is 7.60. The van der Waals surface area contributed by atoms with Gasteiger partial charge in [0.25, 0.3) is 17.1 Å². The van der Waals surface area contributed by atoms with Gasteiger partial charge in [0.15, 0.2) is 18.1 Å². The van der Waals surface area contributed by atoms with Crippen LogP contribution in [0.3, 0.4) is 0 Å². The van der Waals surface area contributed by atoms with E-state index in [1.54, 1.807) is 24.3 Å². The number of fused-ring (bicyclic) bond motifs is 1. The molecule has 0 aliphatic carbocycles. The maximum absolute atomic E-state index is 13.3. The van der Waals surface area contributed by atoms with Crippen LogP contribution in [0.4, 0.5) is 14.9 Å². The molecule has 7 nitrogen and oxygen atoms in total. The number of hydrogen-bond acceptors (Lipinski definition) is 6. The summed E-state index contributed by atoms with van der Waals surface area (Å²) in [6.45, 7) is -0.213. The minimum atomic E-state index is -0.464. The minimum absolute atomic E-state index is 0.147. The summed E-state index contributed by atoms with van der Waals surface area (Å²) in [5.41, 5.74) is 1.76. The van der Waals surface area contributed by atoms with Gasteiger partial charge in [0.05, 0.1) is 18.6 Å². The predicted octanol–water partition coefficient (Wildman–Crippen LogP) is 6.24. The smallest absolute Gasteiger partial charge is 0.293 e. The normalized spacial score (nSPS) is 14.2. The predicted molar refractivity (Wildman–Crippen MR) is 149 cm³/mol. The molecule has 0 saturated carbocycles. The fraction of sp³-hybridized carbons (Fsp3) is 0.100. The summed E-state index contributed by atoms with van der Waals surface area (Å²) in [5.74, 6) is -0.692. The van der Waals surface area contributed by atoms with Crippen LogP contribution < -0.4 is 14.8 Å². The Morgan fingerprint density at radius 3 is 2.51 bits per heavy atom. The highest BCUT2D eigenvalue weighted by atomic mass is 32.2. The number of ether oxygens (including phenoxy) is 2. The Morgan fingerprint density at radius 1 is 0.974 bits per heavy atom. The molecule has 1 saturated heterocycles. The highest BCUT2D eigenvalue weighted by molar-refractivity contribution is 8.18. The van der Waals surface area contributed by atoms with Crippen LogP contribution in [0.2, 0.25) is 0 Å². The minimum Gasteiger partial charge on any atom is -0.493 e. The average molecular weight is 543 g/mol. The van der Waals surface area contributed by atoms with E-state index >= 15 is 0 Å². The van der Waals surface area contributed by atoms with Crippen molar-refractivity contribution in [1.29, 1.82) is 0 Å². The summed E-state index contributed by atoms with van der Waals surface area (Å²) in [6, 6.07) is 24.0. The van der Waals surface area contributed by atoms with Gasteiger partial charge in [-0.15, -0.1) is 0 Å². The van der Waals surface area contributed by atoms with Gasteiger partial charge in [-0.2, -0.15) is 0 Å². The summed E-state index contributed by atoms with van der Waals surface area (Å²) < 4.78 is 24.3. The van der Waals surface area contributed by atoms with Crippen LogP contribution in [-0.2, 0) is 16.1 Å². The van der Waals surface area contributed by atoms with E-state index in [-0.39, 0.29) is 29.0 Å². The third-order valence-electron chi connectivity index (χ3n) is 6.07. The van der Waals surface area contributed by atoms with Crippen molar-refractivity contribution in [2.24, 2.45) is 0 Å². The molecule has 1 fully saturated rings. The van der Waals surface area contributed by atoms with E-state index in [2.05, 4.69) is 5.32 Å². The third kappa shape index (κ3) is 5.78. The largest absolute Gasteiger partial charge is 0.493 e. The monoisotopic (exact) mass is 542 g/mol. The number of carbonyl (C=O) groups excluding carboxylic acids is 3. The lowest BCUT2D eigenvalue weighted by Gasteiger charge is -2.15. The molecular weight excluding hydrogens is 519 g/mol. The number of benzene rings is 4. The molecule has 196 valence electrons. The molecule has 4 aromatic carbocycles. The number of nitrogens with one attached hydrogen (secondary N) is 1. The van der Waals surface area contributed by atoms with E-state index in [9.17, 15) is 18.8 Å². The summed E-state index contributed by atoms with van der Waals surface area (Å²) >= 11 is 0.843. The number of imide groups is 1. The van der Waals surface area contributed by atoms with Crippen molar-refractivity contribution in [2.75, 3.05) is 19.0 Å². The zero-order chi connectivity index (χ0) is 27.4. The van der Waals surface area contributed by atoms with Gasteiger partial charge in [0, 0.05) is 11.3 Å². The van der Waals surface area contributed by atoms with Crippen molar-refractivity contribution in [3.63, 3.8) is 0 Å². The van der Waals surface area contributed by atoms with Gasteiger partial charge in [-0.1, -0.05) is 54.6 Å². The fourth-order valence-corrected chi connectivity index (χ4v) is 5.04. The summed E-state index contributed by atoms with van der Waals surface area (Å²) in [7, 11) is 1.46. The first kappa shape index (κ1) is 26.0. The SMILES string of the molecule is COc1cccc(/C=C2/SC(=O)N(Cc3cccc4ccccc34)C2=O)c1OCC(=O)Nc1ccc(F)cc1. The highest BCUT2D eigenvalue weighted by Gasteiger charge is 2.35. The first-order valence-electron chi connectivity index (χ1n) is 12.0. The molecule has 5 rings (SSSR count). The number of amides is 3. The Labute approximate surface area is 228 Å². The van der Waals surface area contributed by atoms with Gasteiger partial charge < -0.3 is 14.8 Å². The first-order chi connectivity index (χ1) is 18.9. The molecule has 1 heterocycles. The van der Waals surface area contributed by atoms with Crippen LogP contribution in [0, 0.1) is 5.82 Å². The number of carbonyl (C=O) groups is 3. The van der Waals surface area contributed by atoms with Gasteiger partial charge in [0.1, 0.15) is 5.82 Å². The molecule has 4 aromatic rings. The van der Waals surface area contributed by atoms with Crippen molar-refractivity contribution in [1.82, 2.24) is 4.90 Å². The maximum atomic E-state index is 13.3. The average Bonchev–Trinajstić information content (AvgIpc) is 3.20. The quantitative estimate of drug-likeness (QED) is 0.265. The molecule has 39 heavy (non-hydrogen) atoms.